The van der Waals surface area contributed by atoms with Crippen LogP contribution in [0.1, 0.15) is 29.8 Å². The maximum atomic E-state index is 6.26. The fourth-order valence-electron chi connectivity index (χ4n) is 4.35. The van der Waals surface area contributed by atoms with Crippen LogP contribution in [0.25, 0.3) is 34.2 Å². The fourth-order valence-corrected chi connectivity index (χ4v) is 4.35. The number of nitrogens with one attached hydrogen (secondary N) is 2. The molecule has 5 heterocycles. The van der Waals surface area contributed by atoms with Crippen molar-refractivity contribution in [1.82, 2.24) is 30.2 Å². The van der Waals surface area contributed by atoms with E-state index in [1.54, 1.807) is 4.68 Å². The van der Waals surface area contributed by atoms with E-state index in [1.165, 1.54) is 0 Å². The summed E-state index contributed by atoms with van der Waals surface area (Å²) in [5, 5.41) is 20.4. The number of hydrogen-bond donors (Lipinski definition) is 2. The first-order chi connectivity index (χ1) is 16.7. The van der Waals surface area contributed by atoms with E-state index in [2.05, 4.69) is 31.6 Å². The molecule has 4 aromatic rings. The third kappa shape index (κ3) is 3.84. The number of benzene rings is 1. The second kappa shape index (κ2) is 8.62. The first kappa shape index (κ1) is 20.9. The molecule has 176 valence electrons. The molecule has 1 unspecified atom stereocenters. The number of aromatic nitrogens is 6. The largest absolute Gasteiger partial charge is 0.477 e. The molecule has 1 aromatic carbocycles. The monoisotopic (exact) mass is 462 g/mol. The van der Waals surface area contributed by atoms with Gasteiger partial charge in [-0.1, -0.05) is 6.07 Å². The molecule has 0 spiro atoms. The number of hydrogen-bond acceptors (Lipinski definition) is 7. The molecule has 2 bridgehead atoms. The molecule has 34 heavy (non-hydrogen) atoms. The number of aromatic amines is 2. The lowest BCUT2D eigenvalue weighted by Gasteiger charge is -2.22. The molecule has 2 aliphatic rings. The molecular formula is C24H26N6O4. The van der Waals surface area contributed by atoms with E-state index < -0.39 is 6.29 Å². The predicted molar refractivity (Wildman–Crippen MR) is 125 cm³/mol. The van der Waals surface area contributed by atoms with Gasteiger partial charge in [0.2, 0.25) is 18.1 Å². The smallest absolute Gasteiger partial charge is 0.242 e. The number of fused-ring (bicyclic) bond motifs is 4. The Morgan fingerprint density at radius 3 is 2.94 bits per heavy atom. The Morgan fingerprint density at radius 1 is 1.12 bits per heavy atom. The summed E-state index contributed by atoms with van der Waals surface area (Å²) in [6.07, 6.45) is 6.59. The van der Waals surface area contributed by atoms with Crippen molar-refractivity contribution in [1.29, 1.82) is 0 Å². The van der Waals surface area contributed by atoms with Crippen molar-refractivity contribution >= 4 is 23.1 Å². The van der Waals surface area contributed by atoms with E-state index in [4.69, 9.17) is 18.9 Å². The Bertz CT molecular complexity index is 1350. The summed E-state index contributed by atoms with van der Waals surface area (Å²) in [6, 6.07) is 6.14. The number of ether oxygens (including phenoxy) is 4. The van der Waals surface area contributed by atoms with E-state index in [0.29, 0.717) is 38.0 Å². The summed E-state index contributed by atoms with van der Waals surface area (Å²) in [7, 11) is 1.87. The molecule has 2 N–H and O–H groups in total. The zero-order valence-corrected chi connectivity index (χ0v) is 19.1. The van der Waals surface area contributed by atoms with Gasteiger partial charge in [-0.05, 0) is 43.2 Å². The molecule has 6 rings (SSSR count). The highest BCUT2D eigenvalue weighted by Crippen LogP contribution is 2.33. The fraction of sp³-hybridized carbons (Fsp3) is 0.375. The van der Waals surface area contributed by atoms with Gasteiger partial charge in [-0.3, -0.25) is 10.2 Å². The Hall–Kier alpha value is -3.63. The van der Waals surface area contributed by atoms with Crippen LogP contribution in [0.2, 0.25) is 0 Å². The molecule has 2 aliphatic heterocycles. The van der Waals surface area contributed by atoms with Gasteiger partial charge in [0.25, 0.3) is 0 Å². The molecule has 0 saturated carbocycles. The van der Waals surface area contributed by atoms with Gasteiger partial charge in [-0.25, -0.2) is 4.68 Å². The Labute approximate surface area is 195 Å². The highest BCUT2D eigenvalue weighted by molar-refractivity contribution is 5.93. The van der Waals surface area contributed by atoms with Crippen LogP contribution in [-0.2, 0) is 16.5 Å². The number of aryl methyl sites for hydroxylation is 2. The first-order valence-electron chi connectivity index (χ1n) is 11.4. The van der Waals surface area contributed by atoms with E-state index in [-0.39, 0.29) is 6.10 Å². The van der Waals surface area contributed by atoms with Gasteiger partial charge in [0.1, 0.15) is 0 Å². The van der Waals surface area contributed by atoms with Crippen molar-refractivity contribution in [3.63, 3.8) is 0 Å². The molecule has 0 radical (unpaired) electrons. The molecule has 1 fully saturated rings. The standard InChI is InChI=1S/C24H26N6O4/c1-14-17-4-6-21-18-11-15(3-5-20(18)27-28-21)19-12-25-30(2)24(19)32-10-8-22(34-23(17)29-26-14)33-16-7-9-31-13-16/h3-6,11-12,16,22H,7-10,13H2,1-2H3,(H,26,29)(H,27,28)/b6-4+/t16-,22?/m1/s1. The third-order valence-corrected chi connectivity index (χ3v) is 6.22. The summed E-state index contributed by atoms with van der Waals surface area (Å²) in [5.74, 6) is 1.17. The van der Waals surface area contributed by atoms with Gasteiger partial charge in [0, 0.05) is 31.2 Å². The molecule has 0 amide bonds. The van der Waals surface area contributed by atoms with Crippen molar-refractivity contribution in [2.45, 2.75) is 32.2 Å². The van der Waals surface area contributed by atoms with Gasteiger partial charge in [-0.2, -0.15) is 10.2 Å². The molecule has 1 saturated heterocycles. The third-order valence-electron chi connectivity index (χ3n) is 6.22. The van der Waals surface area contributed by atoms with Gasteiger partial charge >= 0.3 is 0 Å². The van der Waals surface area contributed by atoms with E-state index in [9.17, 15) is 0 Å². The van der Waals surface area contributed by atoms with Crippen LogP contribution < -0.4 is 9.47 Å². The lowest BCUT2D eigenvalue weighted by atomic mass is 10.1. The number of nitrogens with zero attached hydrogens (tertiary/aromatic N) is 4. The average molecular weight is 463 g/mol. The molecule has 2 atom stereocenters. The zero-order chi connectivity index (χ0) is 23.1. The SMILES string of the molecule is Cc1[nH]nc2c1/C=C/c1[nH]nc3ccc(cc13)-c1cnn(C)c1OCCC(O[C@@H]1CCOC1)O2. The number of H-pyrrole nitrogens is 2. The minimum atomic E-state index is -0.539. The lowest BCUT2D eigenvalue weighted by Crippen LogP contribution is -2.29. The summed E-state index contributed by atoms with van der Waals surface area (Å²) in [6.45, 7) is 3.60. The Kier molecular flexibility index (Phi) is 5.31. The minimum Gasteiger partial charge on any atom is -0.477 e. The second-order valence-corrected chi connectivity index (χ2v) is 8.56. The van der Waals surface area contributed by atoms with E-state index >= 15 is 0 Å². The normalized spacial score (nSPS) is 21.4. The highest BCUT2D eigenvalue weighted by atomic mass is 16.7. The number of rotatable bonds is 2. The van der Waals surface area contributed by atoms with E-state index in [1.807, 2.05) is 44.5 Å². The molecule has 10 nitrogen and oxygen atoms in total. The summed E-state index contributed by atoms with van der Waals surface area (Å²) in [5.41, 5.74) is 5.46. The quantitative estimate of drug-likeness (QED) is 0.469. The Balaban J connectivity index is 1.43. The van der Waals surface area contributed by atoms with Crippen LogP contribution >= 0.6 is 0 Å². The van der Waals surface area contributed by atoms with Gasteiger partial charge in [0.15, 0.2) is 0 Å². The summed E-state index contributed by atoms with van der Waals surface area (Å²) in [4.78, 5) is 0. The highest BCUT2D eigenvalue weighted by Gasteiger charge is 2.25. The van der Waals surface area contributed by atoms with Crippen LogP contribution in [0.15, 0.2) is 24.4 Å². The van der Waals surface area contributed by atoms with Crippen molar-refractivity contribution in [2.75, 3.05) is 19.8 Å². The van der Waals surface area contributed by atoms with Crippen LogP contribution in [-0.4, -0.2) is 62.4 Å². The van der Waals surface area contributed by atoms with Crippen molar-refractivity contribution in [3.05, 3.63) is 41.3 Å². The van der Waals surface area contributed by atoms with Gasteiger partial charge < -0.3 is 18.9 Å². The minimum absolute atomic E-state index is 0.0156. The lowest BCUT2D eigenvalue weighted by molar-refractivity contribution is -0.127. The average Bonchev–Trinajstić information content (AvgIpc) is 3.62. The first-order valence-corrected chi connectivity index (χ1v) is 11.4. The van der Waals surface area contributed by atoms with Gasteiger partial charge in [0.05, 0.1) is 47.9 Å². The van der Waals surface area contributed by atoms with Crippen LogP contribution in [0, 0.1) is 6.92 Å². The maximum Gasteiger partial charge on any atom is 0.242 e. The zero-order valence-electron chi connectivity index (χ0n) is 19.1. The van der Waals surface area contributed by atoms with Crippen LogP contribution in [0.4, 0.5) is 0 Å². The van der Waals surface area contributed by atoms with Gasteiger partial charge in [-0.15, -0.1) is 5.10 Å². The molecular weight excluding hydrogens is 436 g/mol. The van der Waals surface area contributed by atoms with Crippen molar-refractivity contribution in [3.8, 4) is 22.9 Å². The topological polar surface area (TPSA) is 112 Å². The van der Waals surface area contributed by atoms with Crippen molar-refractivity contribution < 1.29 is 18.9 Å². The molecule has 0 aliphatic carbocycles. The Morgan fingerprint density at radius 2 is 2.06 bits per heavy atom. The molecule has 10 heteroatoms. The summed E-state index contributed by atoms with van der Waals surface area (Å²) >= 11 is 0. The van der Waals surface area contributed by atoms with Crippen LogP contribution in [0.3, 0.4) is 0 Å². The van der Waals surface area contributed by atoms with Crippen LogP contribution in [0.5, 0.6) is 11.8 Å². The maximum absolute atomic E-state index is 6.26. The summed E-state index contributed by atoms with van der Waals surface area (Å²) < 4.78 is 25.9. The predicted octanol–water partition coefficient (Wildman–Crippen LogP) is 3.46. The second-order valence-electron chi connectivity index (χ2n) is 8.56. The molecule has 3 aromatic heterocycles. The van der Waals surface area contributed by atoms with E-state index in [0.717, 1.165) is 45.4 Å². The van der Waals surface area contributed by atoms with Crippen molar-refractivity contribution in [2.24, 2.45) is 7.05 Å².